The van der Waals surface area contributed by atoms with Crippen molar-refractivity contribution in [2.75, 3.05) is 46.4 Å². The average molecular weight is 355 g/mol. The van der Waals surface area contributed by atoms with Crippen LogP contribution in [0.5, 0.6) is 11.5 Å². The standard InChI is InChI=1S/C20H25N3O3/c1-22(2)16-8-5-14(6-9-16)17(23(3)4)12-21-20(24)15-7-10-18-19(11-15)26-13-25-18/h5-11,17H,12-13H2,1-4H3,(H,21,24)/t17-/m0/s1. The molecule has 3 rings (SSSR count). The van der Waals surface area contributed by atoms with E-state index in [2.05, 4.69) is 39.4 Å². The van der Waals surface area contributed by atoms with Gasteiger partial charge in [-0.3, -0.25) is 4.79 Å². The molecule has 1 aliphatic heterocycles. The monoisotopic (exact) mass is 355 g/mol. The zero-order valence-corrected chi connectivity index (χ0v) is 15.7. The molecule has 2 aromatic rings. The second-order valence-electron chi connectivity index (χ2n) is 6.74. The number of likely N-dealkylation sites (N-methyl/N-ethyl adjacent to an activating group) is 1. The van der Waals surface area contributed by atoms with Gasteiger partial charge in [0.05, 0.1) is 6.04 Å². The minimum absolute atomic E-state index is 0.0872. The molecule has 26 heavy (non-hydrogen) atoms. The molecule has 0 saturated heterocycles. The maximum absolute atomic E-state index is 12.5. The zero-order chi connectivity index (χ0) is 18.7. The van der Waals surface area contributed by atoms with Crippen molar-refractivity contribution in [1.82, 2.24) is 10.2 Å². The highest BCUT2D eigenvalue weighted by atomic mass is 16.7. The minimum atomic E-state index is -0.125. The Kier molecular flexibility index (Phi) is 5.32. The van der Waals surface area contributed by atoms with E-state index in [1.165, 1.54) is 0 Å². The molecule has 2 aromatic carbocycles. The summed E-state index contributed by atoms with van der Waals surface area (Å²) in [5, 5.41) is 3.02. The summed E-state index contributed by atoms with van der Waals surface area (Å²) in [4.78, 5) is 16.7. The molecule has 0 unspecified atom stereocenters. The first-order chi connectivity index (χ1) is 12.5. The van der Waals surface area contributed by atoms with Crippen LogP contribution in [-0.4, -0.2) is 52.3 Å². The summed E-state index contributed by atoms with van der Waals surface area (Å²) in [6.07, 6.45) is 0. The minimum Gasteiger partial charge on any atom is -0.454 e. The van der Waals surface area contributed by atoms with Crippen molar-refractivity contribution in [2.45, 2.75) is 6.04 Å². The molecule has 0 aromatic heterocycles. The molecule has 0 bridgehead atoms. The lowest BCUT2D eigenvalue weighted by Crippen LogP contribution is -2.34. The van der Waals surface area contributed by atoms with Gasteiger partial charge in [0.15, 0.2) is 11.5 Å². The molecule has 6 heteroatoms. The van der Waals surface area contributed by atoms with E-state index in [4.69, 9.17) is 9.47 Å². The predicted octanol–water partition coefficient (Wildman–Crippen LogP) is 2.51. The van der Waals surface area contributed by atoms with Gasteiger partial charge >= 0.3 is 0 Å². The van der Waals surface area contributed by atoms with Gasteiger partial charge in [0, 0.05) is 31.9 Å². The SMILES string of the molecule is CN(C)c1ccc([C@H](CNC(=O)c2ccc3c(c2)OCO3)N(C)C)cc1. The van der Waals surface area contributed by atoms with Crippen molar-refractivity contribution < 1.29 is 14.3 Å². The lowest BCUT2D eigenvalue weighted by Gasteiger charge is -2.26. The second-order valence-corrected chi connectivity index (χ2v) is 6.74. The fourth-order valence-electron chi connectivity index (χ4n) is 2.92. The van der Waals surface area contributed by atoms with Crippen LogP contribution in [0.1, 0.15) is 22.0 Å². The Morgan fingerprint density at radius 3 is 2.38 bits per heavy atom. The fraction of sp³-hybridized carbons (Fsp3) is 0.350. The smallest absolute Gasteiger partial charge is 0.251 e. The van der Waals surface area contributed by atoms with E-state index < -0.39 is 0 Å². The first-order valence-corrected chi connectivity index (χ1v) is 8.57. The van der Waals surface area contributed by atoms with Crippen LogP contribution in [0.4, 0.5) is 5.69 Å². The van der Waals surface area contributed by atoms with Crippen molar-refractivity contribution in [2.24, 2.45) is 0 Å². The maximum atomic E-state index is 12.5. The molecular formula is C20H25N3O3. The van der Waals surface area contributed by atoms with Crippen molar-refractivity contribution in [3.8, 4) is 11.5 Å². The van der Waals surface area contributed by atoms with E-state index in [9.17, 15) is 4.79 Å². The van der Waals surface area contributed by atoms with E-state index in [-0.39, 0.29) is 18.7 Å². The number of anilines is 1. The lowest BCUT2D eigenvalue weighted by atomic mass is 10.0. The highest BCUT2D eigenvalue weighted by Gasteiger charge is 2.19. The highest BCUT2D eigenvalue weighted by molar-refractivity contribution is 5.95. The largest absolute Gasteiger partial charge is 0.454 e. The summed E-state index contributed by atoms with van der Waals surface area (Å²) < 4.78 is 10.6. The van der Waals surface area contributed by atoms with Gasteiger partial charge in [-0.1, -0.05) is 12.1 Å². The summed E-state index contributed by atoms with van der Waals surface area (Å²) >= 11 is 0. The molecule has 0 aliphatic carbocycles. The lowest BCUT2D eigenvalue weighted by molar-refractivity contribution is 0.0941. The number of amides is 1. The molecule has 0 saturated carbocycles. The van der Waals surface area contributed by atoms with Gasteiger partial charge in [-0.15, -0.1) is 0 Å². The topological polar surface area (TPSA) is 54.0 Å². The molecular weight excluding hydrogens is 330 g/mol. The number of hydrogen-bond donors (Lipinski definition) is 1. The van der Waals surface area contributed by atoms with E-state index in [1.807, 2.05) is 28.2 Å². The first-order valence-electron chi connectivity index (χ1n) is 8.57. The Labute approximate surface area is 154 Å². The number of nitrogens with zero attached hydrogens (tertiary/aromatic N) is 2. The van der Waals surface area contributed by atoms with Crippen molar-refractivity contribution in [3.05, 3.63) is 53.6 Å². The summed E-state index contributed by atoms with van der Waals surface area (Å²) in [5.74, 6) is 1.16. The molecule has 1 N–H and O–H groups in total. The Balaban J connectivity index is 1.67. The van der Waals surface area contributed by atoms with Crippen molar-refractivity contribution in [3.63, 3.8) is 0 Å². The van der Waals surface area contributed by atoms with Gasteiger partial charge in [0.25, 0.3) is 5.91 Å². The van der Waals surface area contributed by atoms with Gasteiger partial charge in [0.2, 0.25) is 6.79 Å². The van der Waals surface area contributed by atoms with Crippen LogP contribution < -0.4 is 19.7 Å². The molecule has 0 spiro atoms. The van der Waals surface area contributed by atoms with Crippen LogP contribution in [0.15, 0.2) is 42.5 Å². The third kappa shape index (κ3) is 3.91. The third-order valence-corrected chi connectivity index (χ3v) is 4.51. The Bertz CT molecular complexity index is 772. The average Bonchev–Trinajstić information content (AvgIpc) is 3.09. The highest BCUT2D eigenvalue weighted by Crippen LogP contribution is 2.32. The number of carbonyl (C=O) groups is 1. The van der Waals surface area contributed by atoms with Crippen LogP contribution in [-0.2, 0) is 0 Å². The van der Waals surface area contributed by atoms with E-state index >= 15 is 0 Å². The van der Waals surface area contributed by atoms with Gasteiger partial charge < -0.3 is 24.6 Å². The molecule has 1 aliphatic rings. The van der Waals surface area contributed by atoms with E-state index in [0.29, 0.717) is 23.6 Å². The number of benzene rings is 2. The normalized spacial score (nSPS) is 13.6. The summed E-state index contributed by atoms with van der Waals surface area (Å²) in [7, 11) is 8.06. The Morgan fingerprint density at radius 1 is 1.04 bits per heavy atom. The molecule has 1 atom stereocenters. The first kappa shape index (κ1) is 18.1. The third-order valence-electron chi connectivity index (χ3n) is 4.51. The zero-order valence-electron chi connectivity index (χ0n) is 15.7. The number of carbonyl (C=O) groups excluding carboxylic acids is 1. The quantitative estimate of drug-likeness (QED) is 0.863. The second kappa shape index (κ2) is 7.66. The van der Waals surface area contributed by atoms with Crippen molar-refractivity contribution in [1.29, 1.82) is 0 Å². The Hall–Kier alpha value is -2.73. The number of hydrogen-bond acceptors (Lipinski definition) is 5. The van der Waals surface area contributed by atoms with Gasteiger partial charge in [-0.05, 0) is 50.0 Å². The molecule has 1 heterocycles. The van der Waals surface area contributed by atoms with E-state index in [0.717, 1.165) is 11.3 Å². The van der Waals surface area contributed by atoms with Crippen molar-refractivity contribution >= 4 is 11.6 Å². The molecule has 0 radical (unpaired) electrons. The van der Waals surface area contributed by atoms with Gasteiger partial charge in [-0.25, -0.2) is 0 Å². The van der Waals surface area contributed by atoms with E-state index in [1.54, 1.807) is 18.2 Å². The predicted molar refractivity (Wildman–Crippen MR) is 102 cm³/mol. The summed E-state index contributed by atoms with van der Waals surface area (Å²) in [6, 6.07) is 13.7. The van der Waals surface area contributed by atoms with Gasteiger partial charge in [-0.2, -0.15) is 0 Å². The van der Waals surface area contributed by atoms with Crippen LogP contribution in [0.3, 0.4) is 0 Å². The van der Waals surface area contributed by atoms with Crippen LogP contribution in [0, 0.1) is 0 Å². The summed E-state index contributed by atoms with van der Waals surface area (Å²) in [6.45, 7) is 0.716. The Morgan fingerprint density at radius 2 is 1.73 bits per heavy atom. The number of fused-ring (bicyclic) bond motifs is 1. The molecule has 1 amide bonds. The maximum Gasteiger partial charge on any atom is 0.251 e. The number of nitrogens with one attached hydrogen (secondary N) is 1. The van der Waals surface area contributed by atoms with Gasteiger partial charge in [0.1, 0.15) is 0 Å². The van der Waals surface area contributed by atoms with Crippen LogP contribution in [0.25, 0.3) is 0 Å². The molecule has 0 fully saturated rings. The molecule has 6 nitrogen and oxygen atoms in total. The van der Waals surface area contributed by atoms with Crippen LogP contribution >= 0.6 is 0 Å². The summed E-state index contributed by atoms with van der Waals surface area (Å²) in [5.41, 5.74) is 2.87. The fourth-order valence-corrected chi connectivity index (χ4v) is 2.92. The molecule has 138 valence electrons. The van der Waals surface area contributed by atoms with Crippen LogP contribution in [0.2, 0.25) is 0 Å². The number of rotatable bonds is 6. The number of ether oxygens (including phenoxy) is 2.